The fourth-order valence-electron chi connectivity index (χ4n) is 1.50. The number of fused-ring (bicyclic) bond motifs is 1. The number of rotatable bonds is 1. The van der Waals surface area contributed by atoms with Crippen LogP contribution >= 0.6 is 23.2 Å². The SMILES string of the molecule is OC[C@@H]1OCc2ccc(Cl)c(Cl)c21. The lowest BCUT2D eigenvalue weighted by Gasteiger charge is -2.09. The Morgan fingerprint density at radius 2 is 2.23 bits per heavy atom. The number of benzene rings is 1. The van der Waals surface area contributed by atoms with Crippen molar-refractivity contribution in [2.45, 2.75) is 12.7 Å². The van der Waals surface area contributed by atoms with Crippen molar-refractivity contribution >= 4 is 23.2 Å². The molecule has 2 nitrogen and oxygen atoms in total. The first-order chi connectivity index (χ1) is 6.24. The smallest absolute Gasteiger partial charge is 0.108 e. The van der Waals surface area contributed by atoms with Crippen molar-refractivity contribution < 1.29 is 9.84 Å². The van der Waals surface area contributed by atoms with Gasteiger partial charge < -0.3 is 9.84 Å². The Balaban J connectivity index is 2.54. The molecule has 1 aliphatic rings. The van der Waals surface area contributed by atoms with E-state index in [-0.39, 0.29) is 12.7 Å². The van der Waals surface area contributed by atoms with Gasteiger partial charge in [-0.05, 0) is 11.6 Å². The minimum Gasteiger partial charge on any atom is -0.393 e. The summed E-state index contributed by atoms with van der Waals surface area (Å²) < 4.78 is 5.32. The Labute approximate surface area is 86.0 Å². The standard InChI is InChI=1S/C9H8Cl2O2/c10-6-2-1-5-4-13-7(3-12)8(5)9(6)11/h1-2,7,12H,3-4H2/t7-/m0/s1. The summed E-state index contributed by atoms with van der Waals surface area (Å²) >= 11 is 11.8. The molecule has 0 fully saturated rings. The summed E-state index contributed by atoms with van der Waals surface area (Å²) in [6.45, 7) is 0.435. The highest BCUT2D eigenvalue weighted by atomic mass is 35.5. The van der Waals surface area contributed by atoms with Gasteiger partial charge in [-0.25, -0.2) is 0 Å². The monoisotopic (exact) mass is 218 g/mol. The Bertz CT molecular complexity index is 339. The third-order valence-corrected chi connectivity index (χ3v) is 2.97. The minimum absolute atomic E-state index is 0.0624. The molecule has 0 saturated heterocycles. The van der Waals surface area contributed by atoms with E-state index in [1.807, 2.05) is 6.07 Å². The fraction of sp³-hybridized carbons (Fsp3) is 0.333. The van der Waals surface area contributed by atoms with Gasteiger partial charge in [0.25, 0.3) is 0 Å². The molecule has 0 aliphatic carbocycles. The molecule has 1 heterocycles. The molecule has 4 heteroatoms. The first kappa shape index (κ1) is 9.28. The molecule has 1 atom stereocenters. The second-order valence-electron chi connectivity index (χ2n) is 2.92. The molecule has 1 aliphatic heterocycles. The molecule has 0 aromatic heterocycles. The molecule has 1 aromatic carbocycles. The average Bonchev–Trinajstić information content (AvgIpc) is 2.55. The van der Waals surface area contributed by atoms with Crippen LogP contribution in [0, 0.1) is 0 Å². The molecule has 0 radical (unpaired) electrons. The van der Waals surface area contributed by atoms with Crippen LogP contribution < -0.4 is 0 Å². The maximum Gasteiger partial charge on any atom is 0.108 e. The number of aliphatic hydroxyl groups is 1. The van der Waals surface area contributed by atoms with Crippen molar-refractivity contribution in [1.29, 1.82) is 0 Å². The zero-order valence-electron chi connectivity index (χ0n) is 6.76. The van der Waals surface area contributed by atoms with Crippen LogP contribution in [0.15, 0.2) is 12.1 Å². The lowest BCUT2D eigenvalue weighted by Crippen LogP contribution is -2.01. The van der Waals surface area contributed by atoms with E-state index in [0.717, 1.165) is 11.1 Å². The Morgan fingerprint density at radius 1 is 1.46 bits per heavy atom. The van der Waals surface area contributed by atoms with Gasteiger partial charge in [0, 0.05) is 5.56 Å². The highest BCUT2D eigenvalue weighted by Crippen LogP contribution is 2.39. The van der Waals surface area contributed by atoms with Gasteiger partial charge in [-0.2, -0.15) is 0 Å². The second kappa shape index (κ2) is 3.46. The first-order valence-corrected chi connectivity index (χ1v) is 4.69. The van der Waals surface area contributed by atoms with Gasteiger partial charge in [0.05, 0.1) is 23.3 Å². The minimum atomic E-state index is -0.318. The quantitative estimate of drug-likeness (QED) is 0.786. The maximum absolute atomic E-state index is 9.00. The van der Waals surface area contributed by atoms with Gasteiger partial charge in [0.15, 0.2) is 0 Å². The largest absolute Gasteiger partial charge is 0.393 e. The zero-order valence-corrected chi connectivity index (χ0v) is 8.27. The molecular formula is C9H8Cl2O2. The molecular weight excluding hydrogens is 211 g/mol. The lowest BCUT2D eigenvalue weighted by molar-refractivity contribution is 0.0234. The number of aliphatic hydroxyl groups excluding tert-OH is 1. The van der Waals surface area contributed by atoms with E-state index >= 15 is 0 Å². The zero-order chi connectivity index (χ0) is 9.42. The van der Waals surface area contributed by atoms with E-state index in [1.165, 1.54) is 0 Å². The molecule has 0 bridgehead atoms. The van der Waals surface area contributed by atoms with Gasteiger partial charge in [-0.15, -0.1) is 0 Å². The van der Waals surface area contributed by atoms with Gasteiger partial charge in [-0.3, -0.25) is 0 Å². The van der Waals surface area contributed by atoms with Crippen molar-refractivity contribution in [1.82, 2.24) is 0 Å². The molecule has 0 unspecified atom stereocenters. The van der Waals surface area contributed by atoms with E-state index in [2.05, 4.69) is 0 Å². The lowest BCUT2D eigenvalue weighted by atomic mass is 10.1. The average molecular weight is 219 g/mol. The Hall–Kier alpha value is -0.280. The summed E-state index contributed by atoms with van der Waals surface area (Å²) in [4.78, 5) is 0. The van der Waals surface area contributed by atoms with Crippen LogP contribution in [0.1, 0.15) is 17.2 Å². The van der Waals surface area contributed by atoms with Gasteiger partial charge in [0.1, 0.15) is 6.10 Å². The summed E-state index contributed by atoms with van der Waals surface area (Å²) in [6, 6.07) is 3.62. The van der Waals surface area contributed by atoms with Crippen LogP contribution in [-0.4, -0.2) is 11.7 Å². The van der Waals surface area contributed by atoms with E-state index in [9.17, 15) is 0 Å². The van der Waals surface area contributed by atoms with Crippen LogP contribution in [0.3, 0.4) is 0 Å². The summed E-state index contributed by atoms with van der Waals surface area (Å²) in [5.41, 5.74) is 1.84. The summed E-state index contributed by atoms with van der Waals surface area (Å²) in [5, 5.41) is 10.0. The van der Waals surface area contributed by atoms with Crippen molar-refractivity contribution in [3.63, 3.8) is 0 Å². The maximum atomic E-state index is 9.00. The summed E-state index contributed by atoms with van der Waals surface area (Å²) in [5.74, 6) is 0. The first-order valence-electron chi connectivity index (χ1n) is 3.93. The van der Waals surface area contributed by atoms with Crippen LogP contribution in [0.4, 0.5) is 0 Å². The molecule has 0 saturated carbocycles. The predicted octanol–water partition coefficient (Wildman–Crippen LogP) is 2.56. The van der Waals surface area contributed by atoms with Crippen molar-refractivity contribution in [3.8, 4) is 0 Å². The molecule has 0 amide bonds. The fourth-order valence-corrected chi connectivity index (χ4v) is 1.97. The summed E-state index contributed by atoms with van der Waals surface area (Å²) in [7, 11) is 0. The van der Waals surface area contributed by atoms with E-state index in [1.54, 1.807) is 6.07 Å². The van der Waals surface area contributed by atoms with Crippen LogP contribution in [-0.2, 0) is 11.3 Å². The number of halogens is 2. The third-order valence-electron chi connectivity index (χ3n) is 2.15. The van der Waals surface area contributed by atoms with Gasteiger partial charge in [0.2, 0.25) is 0 Å². The molecule has 70 valence electrons. The molecule has 1 N–H and O–H groups in total. The Morgan fingerprint density at radius 3 is 2.92 bits per heavy atom. The second-order valence-corrected chi connectivity index (χ2v) is 3.70. The van der Waals surface area contributed by atoms with E-state index in [4.69, 9.17) is 33.0 Å². The van der Waals surface area contributed by atoms with Crippen molar-refractivity contribution in [3.05, 3.63) is 33.3 Å². The Kier molecular flexibility index (Phi) is 2.47. The highest BCUT2D eigenvalue weighted by molar-refractivity contribution is 6.42. The van der Waals surface area contributed by atoms with Crippen LogP contribution in [0.5, 0.6) is 0 Å². The molecule has 2 rings (SSSR count). The molecule has 0 spiro atoms. The van der Waals surface area contributed by atoms with Crippen LogP contribution in [0.25, 0.3) is 0 Å². The van der Waals surface area contributed by atoms with Gasteiger partial charge >= 0.3 is 0 Å². The predicted molar refractivity (Wildman–Crippen MR) is 51.1 cm³/mol. The summed E-state index contributed by atoms with van der Waals surface area (Å²) in [6.07, 6.45) is -0.318. The van der Waals surface area contributed by atoms with Crippen LogP contribution in [0.2, 0.25) is 10.0 Å². The molecule has 13 heavy (non-hydrogen) atoms. The third kappa shape index (κ3) is 1.44. The van der Waals surface area contributed by atoms with Crippen molar-refractivity contribution in [2.75, 3.05) is 6.61 Å². The van der Waals surface area contributed by atoms with Gasteiger partial charge in [-0.1, -0.05) is 29.3 Å². The number of hydrogen-bond donors (Lipinski definition) is 1. The topological polar surface area (TPSA) is 29.5 Å². The number of hydrogen-bond acceptors (Lipinski definition) is 2. The molecule has 1 aromatic rings. The number of ether oxygens (including phenoxy) is 1. The van der Waals surface area contributed by atoms with E-state index < -0.39 is 0 Å². The van der Waals surface area contributed by atoms with E-state index in [0.29, 0.717) is 16.7 Å². The van der Waals surface area contributed by atoms with Crippen molar-refractivity contribution in [2.24, 2.45) is 0 Å². The normalized spacial score (nSPS) is 20.4. The highest BCUT2D eigenvalue weighted by Gasteiger charge is 2.26.